The molecule has 1 aromatic rings. The SMILES string of the molecule is COC(=O)C1=CSc2c(ccn2C)S1. The molecule has 5 heteroatoms. The van der Waals surface area contributed by atoms with Crippen molar-refractivity contribution >= 4 is 29.5 Å². The van der Waals surface area contributed by atoms with Gasteiger partial charge in [-0.2, -0.15) is 0 Å². The summed E-state index contributed by atoms with van der Waals surface area (Å²) in [6, 6.07) is 2.00. The highest BCUT2D eigenvalue weighted by Crippen LogP contribution is 2.42. The second-order valence-electron chi connectivity index (χ2n) is 2.79. The third kappa shape index (κ3) is 1.57. The van der Waals surface area contributed by atoms with E-state index in [0.29, 0.717) is 4.91 Å². The number of aromatic nitrogens is 1. The number of nitrogens with zero attached hydrogens (tertiary/aromatic N) is 1. The van der Waals surface area contributed by atoms with Crippen LogP contribution in [0.3, 0.4) is 0 Å². The minimum atomic E-state index is -0.267. The second-order valence-corrected chi connectivity index (χ2v) is 4.73. The Bertz CT molecular complexity index is 409. The Labute approximate surface area is 90.5 Å². The molecule has 0 amide bonds. The van der Waals surface area contributed by atoms with Gasteiger partial charge in [0, 0.05) is 18.1 Å². The van der Waals surface area contributed by atoms with Crippen LogP contribution in [-0.4, -0.2) is 17.6 Å². The Morgan fingerprint density at radius 2 is 2.36 bits per heavy atom. The molecule has 0 spiro atoms. The van der Waals surface area contributed by atoms with Crippen molar-refractivity contribution in [2.24, 2.45) is 7.05 Å². The summed E-state index contributed by atoms with van der Waals surface area (Å²) in [5.74, 6) is -0.267. The van der Waals surface area contributed by atoms with E-state index in [9.17, 15) is 4.79 Å². The average Bonchev–Trinajstić information content (AvgIpc) is 2.59. The fourth-order valence-corrected chi connectivity index (χ4v) is 3.25. The number of carbonyl (C=O) groups is 1. The molecule has 0 N–H and O–H groups in total. The van der Waals surface area contributed by atoms with Crippen molar-refractivity contribution in [3.63, 3.8) is 0 Å². The van der Waals surface area contributed by atoms with Gasteiger partial charge < -0.3 is 9.30 Å². The third-order valence-electron chi connectivity index (χ3n) is 1.86. The van der Waals surface area contributed by atoms with Gasteiger partial charge in [-0.1, -0.05) is 23.5 Å². The lowest BCUT2D eigenvalue weighted by Crippen LogP contribution is -2.03. The minimum absolute atomic E-state index is 0.267. The molecular formula is C9H9NO2S2. The Morgan fingerprint density at radius 1 is 1.57 bits per heavy atom. The number of aryl methyl sites for hydroxylation is 1. The molecule has 3 nitrogen and oxygen atoms in total. The molecule has 0 unspecified atom stereocenters. The molecule has 2 heterocycles. The number of fused-ring (bicyclic) bond motifs is 1. The van der Waals surface area contributed by atoms with Gasteiger partial charge in [0.25, 0.3) is 0 Å². The third-order valence-corrected chi connectivity index (χ3v) is 4.28. The zero-order valence-corrected chi connectivity index (χ0v) is 9.45. The van der Waals surface area contributed by atoms with Crippen LogP contribution in [0.2, 0.25) is 0 Å². The molecule has 0 fully saturated rings. The number of methoxy groups -OCH3 is 1. The molecule has 0 radical (unpaired) electrons. The average molecular weight is 227 g/mol. The van der Waals surface area contributed by atoms with E-state index in [-0.39, 0.29) is 5.97 Å². The zero-order chi connectivity index (χ0) is 10.1. The van der Waals surface area contributed by atoms with Gasteiger partial charge in [-0.25, -0.2) is 4.79 Å². The van der Waals surface area contributed by atoms with Crippen LogP contribution >= 0.6 is 23.5 Å². The van der Waals surface area contributed by atoms with E-state index in [4.69, 9.17) is 0 Å². The van der Waals surface area contributed by atoms with E-state index in [0.717, 1.165) is 4.90 Å². The fourth-order valence-electron chi connectivity index (χ4n) is 1.15. The summed E-state index contributed by atoms with van der Waals surface area (Å²) in [6.45, 7) is 0. The first-order valence-corrected chi connectivity index (χ1v) is 5.70. The first-order valence-electron chi connectivity index (χ1n) is 4.00. The highest BCUT2D eigenvalue weighted by atomic mass is 32.2. The van der Waals surface area contributed by atoms with Crippen molar-refractivity contribution in [2.45, 2.75) is 9.92 Å². The maximum absolute atomic E-state index is 11.3. The molecule has 1 aliphatic heterocycles. The van der Waals surface area contributed by atoms with Crippen molar-refractivity contribution in [2.75, 3.05) is 7.11 Å². The Balaban J connectivity index is 2.25. The van der Waals surface area contributed by atoms with Gasteiger partial charge in [0.1, 0.15) is 4.91 Å². The Kier molecular flexibility index (Phi) is 2.60. The van der Waals surface area contributed by atoms with Crippen LogP contribution in [0.5, 0.6) is 0 Å². The van der Waals surface area contributed by atoms with E-state index >= 15 is 0 Å². The number of esters is 1. The summed E-state index contributed by atoms with van der Waals surface area (Å²) < 4.78 is 6.70. The molecule has 1 aromatic heterocycles. The normalized spacial score (nSPS) is 14.6. The van der Waals surface area contributed by atoms with Gasteiger partial charge in [0.15, 0.2) is 0 Å². The molecule has 2 rings (SSSR count). The number of hydrogen-bond donors (Lipinski definition) is 0. The quantitative estimate of drug-likeness (QED) is 0.688. The first-order chi connectivity index (χ1) is 6.72. The van der Waals surface area contributed by atoms with E-state index in [1.54, 1.807) is 11.8 Å². The highest BCUT2D eigenvalue weighted by Gasteiger charge is 2.20. The maximum Gasteiger partial charge on any atom is 0.345 e. The van der Waals surface area contributed by atoms with Crippen LogP contribution < -0.4 is 0 Å². The predicted octanol–water partition coefficient (Wildman–Crippen LogP) is 2.24. The monoisotopic (exact) mass is 227 g/mol. The second kappa shape index (κ2) is 3.74. The van der Waals surface area contributed by atoms with Crippen LogP contribution in [0.4, 0.5) is 0 Å². The van der Waals surface area contributed by atoms with Crippen molar-refractivity contribution in [3.05, 3.63) is 22.6 Å². The van der Waals surface area contributed by atoms with Gasteiger partial charge in [-0.05, 0) is 11.5 Å². The van der Waals surface area contributed by atoms with Crippen LogP contribution in [0.1, 0.15) is 0 Å². The van der Waals surface area contributed by atoms with Gasteiger partial charge in [-0.15, -0.1) is 0 Å². The molecule has 0 bridgehead atoms. The van der Waals surface area contributed by atoms with Gasteiger partial charge in [-0.3, -0.25) is 0 Å². The summed E-state index contributed by atoms with van der Waals surface area (Å²) in [6.07, 6.45) is 1.98. The van der Waals surface area contributed by atoms with E-state index in [2.05, 4.69) is 4.74 Å². The van der Waals surface area contributed by atoms with Crippen LogP contribution in [0.25, 0.3) is 0 Å². The van der Waals surface area contributed by atoms with E-state index < -0.39 is 0 Å². The van der Waals surface area contributed by atoms with Crippen molar-refractivity contribution in [3.8, 4) is 0 Å². The predicted molar refractivity (Wildman–Crippen MR) is 57.2 cm³/mol. The molecule has 0 atom stereocenters. The standard InChI is InChI=1S/C9H9NO2S2/c1-10-4-3-6-8(10)13-5-7(14-6)9(11)12-2/h3-5H,1-2H3. The number of carbonyl (C=O) groups excluding carboxylic acids is 1. The molecule has 14 heavy (non-hydrogen) atoms. The summed E-state index contributed by atoms with van der Waals surface area (Å²) in [4.78, 5) is 13.0. The molecule has 74 valence electrons. The van der Waals surface area contributed by atoms with E-state index in [1.807, 2.05) is 29.3 Å². The molecule has 0 aliphatic carbocycles. The first kappa shape index (κ1) is 9.73. The van der Waals surface area contributed by atoms with Crippen LogP contribution in [0, 0.1) is 0 Å². The van der Waals surface area contributed by atoms with Crippen molar-refractivity contribution in [1.82, 2.24) is 4.57 Å². The Morgan fingerprint density at radius 3 is 3.07 bits per heavy atom. The topological polar surface area (TPSA) is 31.2 Å². The molecular weight excluding hydrogens is 218 g/mol. The molecule has 0 aromatic carbocycles. The maximum atomic E-state index is 11.3. The largest absolute Gasteiger partial charge is 0.465 e. The summed E-state index contributed by atoms with van der Waals surface area (Å²) >= 11 is 3.01. The highest BCUT2D eigenvalue weighted by molar-refractivity contribution is 8.09. The number of thioether (sulfide) groups is 2. The molecule has 0 saturated heterocycles. The lowest BCUT2D eigenvalue weighted by Gasteiger charge is -2.11. The minimum Gasteiger partial charge on any atom is -0.465 e. The lowest BCUT2D eigenvalue weighted by atomic mass is 10.6. The van der Waals surface area contributed by atoms with Gasteiger partial charge in [0.2, 0.25) is 0 Å². The smallest absolute Gasteiger partial charge is 0.345 e. The van der Waals surface area contributed by atoms with Gasteiger partial charge >= 0.3 is 5.97 Å². The lowest BCUT2D eigenvalue weighted by molar-refractivity contribution is -0.135. The van der Waals surface area contributed by atoms with Crippen molar-refractivity contribution < 1.29 is 9.53 Å². The summed E-state index contributed by atoms with van der Waals surface area (Å²) in [7, 11) is 3.39. The van der Waals surface area contributed by atoms with Gasteiger partial charge in [0.05, 0.1) is 12.1 Å². The van der Waals surface area contributed by atoms with Crippen LogP contribution in [-0.2, 0) is 16.6 Å². The number of ether oxygens (including phenoxy) is 1. The Hall–Kier alpha value is -0.810. The fraction of sp³-hybridized carbons (Fsp3) is 0.222. The number of hydrogen-bond acceptors (Lipinski definition) is 4. The van der Waals surface area contributed by atoms with E-state index in [1.165, 1.54) is 23.9 Å². The number of rotatable bonds is 1. The zero-order valence-electron chi connectivity index (χ0n) is 7.81. The summed E-state index contributed by atoms with van der Waals surface area (Å²) in [5.41, 5.74) is 0. The van der Waals surface area contributed by atoms with Crippen LogP contribution in [0.15, 0.2) is 32.5 Å². The van der Waals surface area contributed by atoms with Crippen molar-refractivity contribution in [1.29, 1.82) is 0 Å². The summed E-state index contributed by atoms with van der Waals surface area (Å²) in [5, 5.41) is 3.00. The molecule has 0 saturated carbocycles. The molecule has 1 aliphatic rings.